The molecule has 0 bridgehead atoms. The van der Waals surface area contributed by atoms with Gasteiger partial charge in [-0.25, -0.2) is 9.97 Å². The Bertz CT molecular complexity index is 3530. The lowest BCUT2D eigenvalue weighted by atomic mass is 10.0. The number of aromatic nitrogens is 4. The standard InChI is InChI=1S/C56H34N4O2/c1-5-13-49-43(9-1)45-33-39(35-17-21-37(22-18-35)55-57-47-11-3-7-15-53(47)61-55)25-31-51(45)59(49)41-27-29-42(30-28-41)60-50-14-6-2-10-44(50)46-34-40(26-32-52(46)60)36-19-23-38(24-20-36)56-58-48-12-4-8-16-54(48)62-56/h1-34H. The average Bonchev–Trinajstić information content (AvgIpc) is 4.12. The van der Waals surface area contributed by atoms with Gasteiger partial charge in [-0.2, -0.15) is 0 Å². The topological polar surface area (TPSA) is 61.9 Å². The van der Waals surface area contributed by atoms with Crippen molar-refractivity contribution in [2.24, 2.45) is 0 Å². The first-order chi connectivity index (χ1) is 30.7. The Hall–Kier alpha value is -8.48. The fourth-order valence-corrected chi connectivity index (χ4v) is 9.21. The first kappa shape index (κ1) is 34.4. The molecule has 13 rings (SSSR count). The van der Waals surface area contributed by atoms with Crippen LogP contribution in [0, 0.1) is 0 Å². The van der Waals surface area contributed by atoms with Crippen LogP contribution in [0.3, 0.4) is 0 Å². The summed E-state index contributed by atoms with van der Waals surface area (Å²) < 4.78 is 16.8. The molecule has 0 saturated heterocycles. The predicted molar refractivity (Wildman–Crippen MR) is 252 cm³/mol. The van der Waals surface area contributed by atoms with Gasteiger partial charge in [-0.05, 0) is 131 Å². The maximum atomic E-state index is 6.04. The average molecular weight is 795 g/mol. The highest BCUT2D eigenvalue weighted by Crippen LogP contribution is 2.38. The van der Waals surface area contributed by atoms with E-state index in [9.17, 15) is 0 Å². The molecule has 0 aliphatic rings. The number of rotatable bonds is 6. The van der Waals surface area contributed by atoms with Crippen molar-refractivity contribution in [2.45, 2.75) is 0 Å². The summed E-state index contributed by atoms with van der Waals surface area (Å²) in [5.41, 5.74) is 16.7. The second kappa shape index (κ2) is 13.5. The molecule has 0 unspecified atom stereocenters. The Labute approximate surface area is 355 Å². The number of nitrogens with zero attached hydrogens (tertiary/aromatic N) is 4. The molecule has 62 heavy (non-hydrogen) atoms. The molecule has 0 amide bonds. The van der Waals surface area contributed by atoms with E-state index in [0.717, 1.165) is 78.0 Å². The predicted octanol–water partition coefficient (Wildman–Crippen LogP) is 14.8. The van der Waals surface area contributed by atoms with Gasteiger partial charge in [0.05, 0.1) is 22.1 Å². The third kappa shape index (κ3) is 5.44. The van der Waals surface area contributed by atoms with Crippen molar-refractivity contribution in [3.05, 3.63) is 206 Å². The van der Waals surface area contributed by atoms with E-state index in [2.05, 4.69) is 167 Å². The Morgan fingerprint density at radius 3 is 1.08 bits per heavy atom. The fraction of sp³-hybridized carbons (Fsp3) is 0. The number of benzene rings is 9. The minimum Gasteiger partial charge on any atom is -0.436 e. The lowest BCUT2D eigenvalue weighted by molar-refractivity contribution is 0.619. The van der Waals surface area contributed by atoms with Crippen molar-refractivity contribution in [2.75, 3.05) is 0 Å². The number of fused-ring (bicyclic) bond motifs is 8. The van der Waals surface area contributed by atoms with Crippen molar-refractivity contribution < 1.29 is 8.83 Å². The number of oxazole rings is 2. The molecule has 6 heteroatoms. The Kier molecular flexibility index (Phi) is 7.50. The van der Waals surface area contributed by atoms with Crippen molar-refractivity contribution in [3.8, 4) is 56.5 Å². The van der Waals surface area contributed by atoms with Crippen LogP contribution in [0.1, 0.15) is 0 Å². The first-order valence-electron chi connectivity index (χ1n) is 20.8. The van der Waals surface area contributed by atoms with Crippen LogP contribution in [0.15, 0.2) is 215 Å². The van der Waals surface area contributed by atoms with Crippen LogP contribution in [0.4, 0.5) is 0 Å². The molecule has 0 spiro atoms. The highest BCUT2D eigenvalue weighted by atomic mass is 16.4. The van der Waals surface area contributed by atoms with E-state index in [1.165, 1.54) is 32.6 Å². The third-order valence-corrected chi connectivity index (χ3v) is 12.2. The highest BCUT2D eigenvalue weighted by molar-refractivity contribution is 6.12. The molecule has 0 saturated carbocycles. The SMILES string of the molecule is c1ccc2oc(-c3ccc(-c4ccc5c(c4)c4ccccc4n5-c4ccc(-n5c6ccccc6c6cc(-c7ccc(-c8nc9ccccc9o8)cc7)ccc65)cc4)cc3)nc2c1. The minimum atomic E-state index is 0.630. The van der Waals surface area contributed by atoms with E-state index in [4.69, 9.17) is 18.8 Å². The first-order valence-corrected chi connectivity index (χ1v) is 20.8. The minimum absolute atomic E-state index is 0.630. The number of hydrogen-bond acceptors (Lipinski definition) is 4. The van der Waals surface area contributed by atoms with Gasteiger partial charge in [0.25, 0.3) is 0 Å². The van der Waals surface area contributed by atoms with Crippen LogP contribution in [0.2, 0.25) is 0 Å². The van der Waals surface area contributed by atoms with Gasteiger partial charge in [-0.1, -0.05) is 97.1 Å². The molecule has 290 valence electrons. The van der Waals surface area contributed by atoms with Crippen molar-refractivity contribution >= 4 is 65.8 Å². The van der Waals surface area contributed by atoms with Gasteiger partial charge in [0.15, 0.2) is 11.2 Å². The van der Waals surface area contributed by atoms with Gasteiger partial charge < -0.3 is 18.0 Å². The van der Waals surface area contributed by atoms with Gasteiger partial charge in [-0.15, -0.1) is 0 Å². The van der Waals surface area contributed by atoms with Crippen LogP contribution < -0.4 is 0 Å². The van der Waals surface area contributed by atoms with Crippen LogP contribution in [-0.4, -0.2) is 19.1 Å². The fourth-order valence-electron chi connectivity index (χ4n) is 9.21. The maximum absolute atomic E-state index is 6.04. The second-order valence-electron chi connectivity index (χ2n) is 15.8. The summed E-state index contributed by atoms with van der Waals surface area (Å²) in [5.74, 6) is 1.26. The zero-order valence-corrected chi connectivity index (χ0v) is 33.2. The van der Waals surface area contributed by atoms with Crippen molar-refractivity contribution in [3.63, 3.8) is 0 Å². The van der Waals surface area contributed by atoms with Gasteiger partial charge in [0.1, 0.15) is 11.0 Å². The highest BCUT2D eigenvalue weighted by Gasteiger charge is 2.17. The summed E-state index contributed by atoms with van der Waals surface area (Å²) in [7, 11) is 0. The van der Waals surface area contributed by atoms with Gasteiger partial charge >= 0.3 is 0 Å². The summed E-state index contributed by atoms with van der Waals surface area (Å²) in [5, 5.41) is 4.86. The molecule has 0 N–H and O–H groups in total. The summed E-state index contributed by atoms with van der Waals surface area (Å²) >= 11 is 0. The Morgan fingerprint density at radius 1 is 0.290 bits per heavy atom. The molecule has 0 radical (unpaired) electrons. The monoisotopic (exact) mass is 794 g/mol. The quantitative estimate of drug-likeness (QED) is 0.168. The van der Waals surface area contributed by atoms with E-state index in [1.807, 2.05) is 48.5 Å². The normalized spacial score (nSPS) is 11.9. The van der Waals surface area contributed by atoms with E-state index in [1.54, 1.807) is 0 Å². The molecule has 0 aliphatic carbocycles. The zero-order chi connectivity index (χ0) is 40.7. The molecule has 4 aromatic heterocycles. The summed E-state index contributed by atoms with van der Waals surface area (Å²) in [6.07, 6.45) is 0. The molecule has 4 heterocycles. The molecule has 0 fully saturated rings. The maximum Gasteiger partial charge on any atom is 0.227 e. The van der Waals surface area contributed by atoms with Crippen LogP contribution in [-0.2, 0) is 0 Å². The van der Waals surface area contributed by atoms with E-state index in [-0.39, 0.29) is 0 Å². The smallest absolute Gasteiger partial charge is 0.227 e. The van der Waals surface area contributed by atoms with Crippen molar-refractivity contribution in [1.29, 1.82) is 0 Å². The van der Waals surface area contributed by atoms with Gasteiger partial charge in [-0.3, -0.25) is 0 Å². The molecule has 9 aromatic carbocycles. The van der Waals surface area contributed by atoms with E-state index < -0.39 is 0 Å². The van der Waals surface area contributed by atoms with Gasteiger partial charge in [0.2, 0.25) is 11.8 Å². The molecular formula is C56H34N4O2. The van der Waals surface area contributed by atoms with E-state index in [0.29, 0.717) is 11.8 Å². The zero-order valence-electron chi connectivity index (χ0n) is 33.2. The lowest BCUT2D eigenvalue weighted by Gasteiger charge is -2.12. The largest absolute Gasteiger partial charge is 0.436 e. The molecular weight excluding hydrogens is 761 g/mol. The van der Waals surface area contributed by atoms with Crippen LogP contribution in [0.5, 0.6) is 0 Å². The number of hydrogen-bond donors (Lipinski definition) is 0. The second-order valence-corrected chi connectivity index (χ2v) is 15.8. The third-order valence-electron chi connectivity index (χ3n) is 12.2. The van der Waals surface area contributed by atoms with Crippen molar-refractivity contribution in [1.82, 2.24) is 19.1 Å². The molecule has 0 aliphatic heterocycles. The van der Waals surface area contributed by atoms with E-state index >= 15 is 0 Å². The molecule has 13 aromatic rings. The number of para-hydroxylation sites is 6. The Morgan fingerprint density at radius 2 is 0.645 bits per heavy atom. The summed E-state index contributed by atoms with van der Waals surface area (Å²) in [6.45, 7) is 0. The lowest BCUT2D eigenvalue weighted by Crippen LogP contribution is -1.97. The van der Waals surface area contributed by atoms with Crippen LogP contribution in [0.25, 0.3) is 122 Å². The summed E-state index contributed by atoms with van der Waals surface area (Å²) in [4.78, 5) is 9.38. The molecule has 0 atom stereocenters. The molecule has 6 nitrogen and oxygen atoms in total. The summed E-state index contributed by atoms with van der Waals surface area (Å²) in [6, 6.07) is 72.6. The van der Waals surface area contributed by atoms with Gasteiger partial charge in [0, 0.05) is 44.0 Å². The Balaban J connectivity index is 0.841. The van der Waals surface area contributed by atoms with Crippen LogP contribution >= 0.6 is 0 Å².